The fraction of sp³-hybridized carbons (Fsp3) is 0.800. The fourth-order valence-electron chi connectivity index (χ4n) is 1.54. The molecule has 1 unspecified atom stereocenters. The van der Waals surface area contributed by atoms with Crippen molar-refractivity contribution < 1.29 is 14.7 Å². The summed E-state index contributed by atoms with van der Waals surface area (Å²) in [6, 6.07) is -0.550. The van der Waals surface area contributed by atoms with Gasteiger partial charge in [0.2, 0.25) is 11.8 Å². The third-order valence-electron chi connectivity index (χ3n) is 2.69. The van der Waals surface area contributed by atoms with Gasteiger partial charge in [-0.15, -0.1) is 0 Å². The third kappa shape index (κ3) is 3.51. The first-order chi connectivity index (χ1) is 6.93. The van der Waals surface area contributed by atoms with E-state index in [0.717, 1.165) is 19.3 Å². The molecule has 3 N–H and O–H groups in total. The van der Waals surface area contributed by atoms with Gasteiger partial charge in [-0.3, -0.25) is 9.59 Å². The SMILES string of the molecule is CC(=O)NC(C)C(=O)NCC1(O)CCC1. The molecule has 86 valence electrons. The van der Waals surface area contributed by atoms with E-state index in [1.807, 2.05) is 0 Å². The molecular formula is C10H18N2O3. The Balaban J connectivity index is 2.25. The zero-order valence-corrected chi connectivity index (χ0v) is 9.17. The number of aliphatic hydroxyl groups is 1. The van der Waals surface area contributed by atoms with Crippen LogP contribution in [0, 0.1) is 0 Å². The molecule has 0 saturated heterocycles. The summed E-state index contributed by atoms with van der Waals surface area (Å²) in [5, 5.41) is 14.8. The van der Waals surface area contributed by atoms with Crippen LogP contribution in [-0.2, 0) is 9.59 Å². The van der Waals surface area contributed by atoms with Gasteiger partial charge in [-0.05, 0) is 26.2 Å². The maximum atomic E-state index is 11.4. The minimum Gasteiger partial charge on any atom is -0.388 e. The van der Waals surface area contributed by atoms with Crippen molar-refractivity contribution in [1.82, 2.24) is 10.6 Å². The molecule has 0 aromatic heterocycles. The first-order valence-corrected chi connectivity index (χ1v) is 5.20. The topological polar surface area (TPSA) is 78.4 Å². The van der Waals surface area contributed by atoms with Crippen LogP contribution in [-0.4, -0.2) is 35.1 Å². The Kier molecular flexibility index (Phi) is 3.68. The maximum Gasteiger partial charge on any atom is 0.242 e. The normalized spacial score (nSPS) is 19.9. The van der Waals surface area contributed by atoms with Gasteiger partial charge >= 0.3 is 0 Å². The smallest absolute Gasteiger partial charge is 0.242 e. The summed E-state index contributed by atoms with van der Waals surface area (Å²) < 4.78 is 0. The van der Waals surface area contributed by atoms with Gasteiger partial charge < -0.3 is 15.7 Å². The standard InChI is InChI=1S/C10H18N2O3/c1-7(12-8(2)13)9(14)11-6-10(15)4-3-5-10/h7,15H,3-6H2,1-2H3,(H,11,14)(H,12,13). The predicted molar refractivity (Wildman–Crippen MR) is 55.1 cm³/mol. The van der Waals surface area contributed by atoms with E-state index in [0.29, 0.717) is 0 Å². The number of hydrogen-bond acceptors (Lipinski definition) is 3. The molecule has 1 rings (SSSR count). The number of amides is 2. The Bertz CT molecular complexity index is 261. The number of hydrogen-bond donors (Lipinski definition) is 3. The third-order valence-corrected chi connectivity index (χ3v) is 2.69. The first-order valence-electron chi connectivity index (χ1n) is 5.20. The van der Waals surface area contributed by atoms with E-state index in [-0.39, 0.29) is 18.4 Å². The van der Waals surface area contributed by atoms with Gasteiger partial charge in [0, 0.05) is 13.5 Å². The highest BCUT2D eigenvalue weighted by molar-refractivity contribution is 5.86. The summed E-state index contributed by atoms with van der Waals surface area (Å²) in [5.74, 6) is -0.495. The Morgan fingerprint density at radius 3 is 2.47 bits per heavy atom. The molecule has 0 bridgehead atoms. The Labute approximate surface area is 89.2 Å². The van der Waals surface area contributed by atoms with Crippen molar-refractivity contribution in [2.45, 2.75) is 44.8 Å². The van der Waals surface area contributed by atoms with Crippen LogP contribution < -0.4 is 10.6 Å². The summed E-state index contributed by atoms with van der Waals surface area (Å²) >= 11 is 0. The minimum atomic E-state index is -0.717. The lowest BCUT2D eigenvalue weighted by atomic mass is 9.80. The van der Waals surface area contributed by atoms with Gasteiger partial charge in [0.1, 0.15) is 6.04 Å². The van der Waals surface area contributed by atoms with E-state index in [4.69, 9.17) is 0 Å². The predicted octanol–water partition coefficient (Wildman–Crippen LogP) is -0.458. The molecule has 1 aliphatic carbocycles. The second-order valence-corrected chi connectivity index (χ2v) is 4.22. The number of carbonyl (C=O) groups excluding carboxylic acids is 2. The molecule has 15 heavy (non-hydrogen) atoms. The summed E-state index contributed by atoms with van der Waals surface area (Å²) in [6.45, 7) is 3.25. The van der Waals surface area contributed by atoms with Crippen LogP contribution in [0.2, 0.25) is 0 Å². The molecule has 0 aromatic rings. The maximum absolute atomic E-state index is 11.4. The summed E-state index contributed by atoms with van der Waals surface area (Å²) in [4.78, 5) is 22.1. The Morgan fingerprint density at radius 2 is 2.07 bits per heavy atom. The van der Waals surface area contributed by atoms with Gasteiger partial charge in [0.15, 0.2) is 0 Å². The number of carbonyl (C=O) groups is 2. The Hall–Kier alpha value is -1.10. The second-order valence-electron chi connectivity index (χ2n) is 4.22. The van der Waals surface area contributed by atoms with Crippen LogP contribution >= 0.6 is 0 Å². The molecule has 1 fully saturated rings. The van der Waals surface area contributed by atoms with Crippen LogP contribution in [0.15, 0.2) is 0 Å². The molecule has 0 spiro atoms. The quantitative estimate of drug-likeness (QED) is 0.592. The van der Waals surface area contributed by atoms with E-state index >= 15 is 0 Å². The zero-order valence-electron chi connectivity index (χ0n) is 9.17. The monoisotopic (exact) mass is 214 g/mol. The zero-order chi connectivity index (χ0) is 11.5. The fourth-order valence-corrected chi connectivity index (χ4v) is 1.54. The molecular weight excluding hydrogens is 196 g/mol. The molecule has 1 aliphatic rings. The highest BCUT2D eigenvalue weighted by atomic mass is 16.3. The van der Waals surface area contributed by atoms with Gasteiger partial charge in [0.05, 0.1) is 5.60 Å². The molecule has 0 aromatic carbocycles. The minimum absolute atomic E-state index is 0.236. The van der Waals surface area contributed by atoms with Crippen molar-refractivity contribution in [3.8, 4) is 0 Å². The Morgan fingerprint density at radius 1 is 1.47 bits per heavy atom. The highest BCUT2D eigenvalue weighted by Gasteiger charge is 2.34. The van der Waals surface area contributed by atoms with Crippen molar-refractivity contribution in [2.24, 2.45) is 0 Å². The molecule has 0 radical (unpaired) electrons. The molecule has 2 amide bonds. The molecule has 1 atom stereocenters. The van der Waals surface area contributed by atoms with E-state index in [9.17, 15) is 14.7 Å². The van der Waals surface area contributed by atoms with Gasteiger partial charge in [-0.1, -0.05) is 0 Å². The second kappa shape index (κ2) is 4.61. The van der Waals surface area contributed by atoms with Crippen molar-refractivity contribution >= 4 is 11.8 Å². The summed E-state index contributed by atoms with van der Waals surface area (Å²) in [5.41, 5.74) is -0.717. The van der Waals surface area contributed by atoms with Crippen molar-refractivity contribution in [3.05, 3.63) is 0 Å². The lowest BCUT2D eigenvalue weighted by Gasteiger charge is -2.36. The molecule has 0 aliphatic heterocycles. The lowest BCUT2D eigenvalue weighted by Crippen LogP contribution is -2.52. The molecule has 1 saturated carbocycles. The van der Waals surface area contributed by atoms with Crippen molar-refractivity contribution in [2.75, 3.05) is 6.54 Å². The molecule has 0 heterocycles. The van der Waals surface area contributed by atoms with Crippen molar-refractivity contribution in [3.63, 3.8) is 0 Å². The van der Waals surface area contributed by atoms with E-state index < -0.39 is 11.6 Å². The van der Waals surface area contributed by atoms with E-state index in [2.05, 4.69) is 10.6 Å². The molecule has 5 nitrogen and oxygen atoms in total. The summed E-state index contributed by atoms with van der Waals surface area (Å²) in [6.07, 6.45) is 2.48. The number of nitrogens with one attached hydrogen (secondary N) is 2. The van der Waals surface area contributed by atoms with Crippen LogP contribution in [0.3, 0.4) is 0 Å². The van der Waals surface area contributed by atoms with Crippen LogP contribution in [0.25, 0.3) is 0 Å². The summed E-state index contributed by atoms with van der Waals surface area (Å²) in [7, 11) is 0. The van der Waals surface area contributed by atoms with Gasteiger partial charge in [-0.2, -0.15) is 0 Å². The van der Waals surface area contributed by atoms with E-state index in [1.54, 1.807) is 6.92 Å². The number of rotatable bonds is 4. The highest BCUT2D eigenvalue weighted by Crippen LogP contribution is 2.30. The first kappa shape index (κ1) is 12.0. The van der Waals surface area contributed by atoms with Crippen LogP contribution in [0.4, 0.5) is 0 Å². The van der Waals surface area contributed by atoms with Crippen LogP contribution in [0.1, 0.15) is 33.1 Å². The largest absolute Gasteiger partial charge is 0.388 e. The van der Waals surface area contributed by atoms with Crippen LogP contribution in [0.5, 0.6) is 0 Å². The average Bonchev–Trinajstić information content (AvgIpc) is 2.10. The van der Waals surface area contributed by atoms with Gasteiger partial charge in [-0.25, -0.2) is 0 Å². The lowest BCUT2D eigenvalue weighted by molar-refractivity contribution is -0.129. The van der Waals surface area contributed by atoms with Crippen molar-refractivity contribution in [1.29, 1.82) is 0 Å². The van der Waals surface area contributed by atoms with Gasteiger partial charge in [0.25, 0.3) is 0 Å². The molecule has 5 heteroatoms. The van der Waals surface area contributed by atoms with E-state index in [1.165, 1.54) is 6.92 Å². The average molecular weight is 214 g/mol.